The van der Waals surface area contributed by atoms with Gasteiger partial charge in [0.25, 0.3) is 0 Å². The lowest BCUT2D eigenvalue weighted by atomic mass is 9.99. The molecule has 10 aromatic rings. The highest BCUT2D eigenvalue weighted by molar-refractivity contribution is 6.28. The average Bonchev–Trinajstić information content (AvgIpc) is 3.79. The van der Waals surface area contributed by atoms with Gasteiger partial charge in [0.2, 0.25) is 0 Å². The molecule has 234 valence electrons. The highest BCUT2D eigenvalue weighted by atomic mass is 15.0. The van der Waals surface area contributed by atoms with Crippen LogP contribution in [0, 0.1) is 0 Å². The van der Waals surface area contributed by atoms with Gasteiger partial charge in [0, 0.05) is 32.9 Å². The first kappa shape index (κ1) is 20.7. The molecule has 2 heterocycles. The molecule has 50 heavy (non-hydrogen) atoms. The number of fused-ring (bicyclic) bond motifs is 7. The van der Waals surface area contributed by atoms with Crippen LogP contribution in [0.25, 0.3) is 88.4 Å². The van der Waals surface area contributed by atoms with Crippen LogP contribution in [0.5, 0.6) is 0 Å². The van der Waals surface area contributed by atoms with Crippen molar-refractivity contribution in [3.05, 3.63) is 194 Å². The molecule has 2 aromatic heterocycles. The van der Waals surface area contributed by atoms with Crippen LogP contribution in [0.4, 0.5) is 0 Å². The van der Waals surface area contributed by atoms with Gasteiger partial charge in [-0.05, 0) is 87.9 Å². The molecular formula is C48H32N2. The van der Waals surface area contributed by atoms with E-state index in [2.05, 4.69) is 77.4 Å². The summed E-state index contributed by atoms with van der Waals surface area (Å²) >= 11 is 0. The molecular weight excluding hydrogens is 605 g/mol. The Kier molecular flexibility index (Phi) is 4.76. The van der Waals surface area contributed by atoms with Crippen molar-refractivity contribution in [3.63, 3.8) is 0 Å². The second kappa shape index (κ2) is 11.5. The zero-order chi connectivity index (χ0) is 40.9. The van der Waals surface area contributed by atoms with Gasteiger partial charge < -0.3 is 9.13 Å². The molecule has 8 aromatic carbocycles. The highest BCUT2D eigenvalue weighted by Crippen LogP contribution is 2.42. The molecule has 0 radical (unpaired) electrons. The molecule has 0 saturated heterocycles. The van der Waals surface area contributed by atoms with Crippen molar-refractivity contribution in [1.29, 1.82) is 0 Å². The molecule has 0 spiro atoms. The largest absolute Gasteiger partial charge is 0.309 e. The number of benzene rings is 8. The maximum absolute atomic E-state index is 9.32. The van der Waals surface area contributed by atoms with E-state index in [-0.39, 0.29) is 16.8 Å². The minimum absolute atomic E-state index is 0.00247. The Balaban J connectivity index is 1.18. The van der Waals surface area contributed by atoms with Crippen molar-refractivity contribution in [2.75, 3.05) is 0 Å². The van der Waals surface area contributed by atoms with E-state index in [1.54, 1.807) is 4.57 Å². The topological polar surface area (TPSA) is 9.86 Å². The molecule has 0 aliphatic heterocycles. The van der Waals surface area contributed by atoms with Crippen LogP contribution >= 0.6 is 0 Å². The molecule has 0 aliphatic rings. The summed E-state index contributed by atoms with van der Waals surface area (Å²) in [4.78, 5) is 0. The van der Waals surface area contributed by atoms with Crippen LogP contribution < -0.4 is 0 Å². The zero-order valence-electron chi connectivity index (χ0n) is 35.7. The lowest BCUT2D eigenvalue weighted by Crippen LogP contribution is -1.95. The van der Waals surface area contributed by atoms with Gasteiger partial charge in [-0.3, -0.25) is 0 Å². The summed E-state index contributed by atoms with van der Waals surface area (Å²) < 4.78 is 82.4. The fraction of sp³-hybridized carbons (Fsp3) is 0. The number of nitrogens with zero attached hydrogens (tertiary/aromatic N) is 2. The normalized spacial score (nSPS) is 14.1. The van der Waals surface area contributed by atoms with Crippen LogP contribution in [0.2, 0.25) is 0 Å². The minimum atomic E-state index is -0.614. The first-order valence-corrected chi connectivity index (χ1v) is 16.5. The van der Waals surface area contributed by atoms with Gasteiger partial charge in [-0.15, -0.1) is 0 Å². The highest BCUT2D eigenvalue weighted by Gasteiger charge is 2.20. The van der Waals surface area contributed by atoms with Gasteiger partial charge in [0.1, 0.15) is 0 Å². The predicted octanol–water partition coefficient (Wildman–Crippen LogP) is 12.9. The van der Waals surface area contributed by atoms with Gasteiger partial charge in [-0.1, -0.05) is 139 Å². The lowest BCUT2D eigenvalue weighted by molar-refractivity contribution is 1.17. The van der Waals surface area contributed by atoms with Crippen LogP contribution in [-0.4, -0.2) is 9.13 Å². The molecule has 0 fully saturated rings. The first-order valence-electron chi connectivity index (χ1n) is 21.0. The Morgan fingerprint density at radius 2 is 0.820 bits per heavy atom. The third-order valence-corrected chi connectivity index (χ3v) is 9.49. The summed E-state index contributed by atoms with van der Waals surface area (Å²) in [6.45, 7) is 0. The SMILES string of the molecule is [2H]c1c([2H])c([2H])c(-c2c([2H])c([2H])c(-n3c4ccccc4c4c5c6ccccc6n(-c6ccc(-c7cccc(-c8ccccc8)c7)cc6)c5ccc43)c([2H])c2[2H])c([2H])c1[2H]. The van der Waals surface area contributed by atoms with Crippen molar-refractivity contribution in [1.82, 2.24) is 9.13 Å². The maximum Gasteiger partial charge on any atom is 0.0645 e. The van der Waals surface area contributed by atoms with Gasteiger partial charge in [0.05, 0.1) is 34.4 Å². The van der Waals surface area contributed by atoms with E-state index in [1.165, 1.54) is 0 Å². The van der Waals surface area contributed by atoms with E-state index in [1.807, 2.05) is 66.7 Å². The number of hydrogen-bond donors (Lipinski definition) is 0. The van der Waals surface area contributed by atoms with Crippen molar-refractivity contribution in [2.45, 2.75) is 0 Å². The molecule has 0 bridgehead atoms. The molecule has 2 nitrogen and oxygen atoms in total. The number of para-hydroxylation sites is 2. The van der Waals surface area contributed by atoms with E-state index >= 15 is 0 Å². The van der Waals surface area contributed by atoms with Gasteiger partial charge in [0.15, 0.2) is 0 Å². The first-order chi connectivity index (χ1) is 28.6. The summed E-state index contributed by atoms with van der Waals surface area (Å²) in [5.74, 6) is 0. The van der Waals surface area contributed by atoms with Crippen LogP contribution in [0.1, 0.15) is 12.3 Å². The number of aromatic nitrogens is 2. The van der Waals surface area contributed by atoms with E-state index < -0.39 is 54.4 Å². The second-order valence-electron chi connectivity index (χ2n) is 12.3. The Hall–Kier alpha value is -6.64. The summed E-state index contributed by atoms with van der Waals surface area (Å²) in [5, 5.41) is 3.72. The molecule has 10 rings (SSSR count). The van der Waals surface area contributed by atoms with E-state index in [0.29, 0.717) is 11.0 Å². The smallest absolute Gasteiger partial charge is 0.0645 e. The molecule has 0 saturated carbocycles. The summed E-state index contributed by atoms with van der Waals surface area (Å²) in [6.07, 6.45) is 0. The Morgan fingerprint density at radius 1 is 0.320 bits per heavy atom. The third kappa shape index (κ3) is 4.50. The molecule has 0 N–H and O–H groups in total. The fourth-order valence-electron chi connectivity index (χ4n) is 7.27. The molecule has 0 amide bonds. The Bertz CT molecular complexity index is 3310. The van der Waals surface area contributed by atoms with Crippen LogP contribution in [0.3, 0.4) is 0 Å². The quantitative estimate of drug-likeness (QED) is 0.176. The molecule has 2 heteroatoms. The van der Waals surface area contributed by atoms with E-state index in [4.69, 9.17) is 9.60 Å². The van der Waals surface area contributed by atoms with Crippen LogP contribution in [-0.2, 0) is 0 Å². The molecule has 0 unspecified atom stereocenters. The summed E-state index contributed by atoms with van der Waals surface area (Å²) in [6, 6.07) is 42.5. The van der Waals surface area contributed by atoms with Gasteiger partial charge in [-0.2, -0.15) is 0 Å². The minimum Gasteiger partial charge on any atom is -0.309 e. The number of rotatable bonds is 5. The van der Waals surface area contributed by atoms with Gasteiger partial charge >= 0.3 is 0 Å². The standard InChI is InChI=1S/C48H32N2/c1-3-12-33(13-4-1)35-22-26-39(27-23-35)49-43-20-9-7-18-41(43)47-45(49)30-31-46-48(47)42-19-8-10-21-44(42)50(46)40-28-24-36(25-29-40)38-17-11-16-37(32-38)34-14-5-2-6-15-34/h1-32H/i1D,3D,4D,12D,13D,22D,23D,26D,27D. The average molecular weight is 646 g/mol. The van der Waals surface area contributed by atoms with E-state index in [0.717, 1.165) is 60.5 Å². The Labute approximate surface area is 303 Å². The van der Waals surface area contributed by atoms with Crippen molar-refractivity contribution >= 4 is 43.6 Å². The zero-order valence-corrected chi connectivity index (χ0v) is 26.7. The number of hydrogen-bond acceptors (Lipinski definition) is 0. The van der Waals surface area contributed by atoms with Gasteiger partial charge in [-0.25, -0.2) is 0 Å². The monoisotopic (exact) mass is 645 g/mol. The third-order valence-electron chi connectivity index (χ3n) is 9.49. The van der Waals surface area contributed by atoms with Crippen molar-refractivity contribution < 1.29 is 12.3 Å². The summed E-state index contributed by atoms with van der Waals surface area (Å²) in [7, 11) is 0. The summed E-state index contributed by atoms with van der Waals surface area (Å²) in [5.41, 5.74) is 8.07. The molecule has 0 atom stereocenters. The fourth-order valence-corrected chi connectivity index (χ4v) is 7.27. The second-order valence-corrected chi connectivity index (χ2v) is 12.3. The Morgan fingerprint density at radius 3 is 1.44 bits per heavy atom. The maximum atomic E-state index is 9.32. The van der Waals surface area contributed by atoms with Crippen molar-refractivity contribution in [2.24, 2.45) is 0 Å². The van der Waals surface area contributed by atoms with Crippen molar-refractivity contribution in [3.8, 4) is 44.8 Å². The lowest BCUT2D eigenvalue weighted by Gasteiger charge is -2.11. The molecule has 0 aliphatic carbocycles. The van der Waals surface area contributed by atoms with E-state index in [9.17, 15) is 2.74 Å². The van der Waals surface area contributed by atoms with Crippen LogP contribution in [0.15, 0.2) is 194 Å². The predicted molar refractivity (Wildman–Crippen MR) is 211 cm³/mol.